The number of aryl methyl sites for hydroxylation is 1. The number of anilines is 2. The Labute approximate surface area is 190 Å². The highest BCUT2D eigenvalue weighted by atomic mass is 35.5. The Kier molecular flexibility index (Phi) is 5.49. The Morgan fingerprint density at radius 2 is 2.00 bits per heavy atom. The molecule has 1 atom stereocenters. The highest BCUT2D eigenvalue weighted by Gasteiger charge is 2.24. The molecule has 0 spiro atoms. The number of imidazole rings is 1. The molecule has 2 heterocycles. The quantitative estimate of drug-likeness (QED) is 0.425. The van der Waals surface area contributed by atoms with Crippen LogP contribution < -0.4 is 10.1 Å². The number of aromatic nitrogens is 4. The van der Waals surface area contributed by atoms with Crippen molar-refractivity contribution in [1.29, 1.82) is 0 Å². The van der Waals surface area contributed by atoms with Gasteiger partial charge in [0.2, 0.25) is 5.95 Å². The third-order valence-electron chi connectivity index (χ3n) is 5.70. The van der Waals surface area contributed by atoms with E-state index in [1.165, 1.54) is 12.1 Å². The van der Waals surface area contributed by atoms with Crippen molar-refractivity contribution >= 4 is 23.2 Å². The van der Waals surface area contributed by atoms with Crippen LogP contribution in [0.2, 0.25) is 5.15 Å². The van der Waals surface area contributed by atoms with Crippen molar-refractivity contribution < 1.29 is 9.13 Å². The van der Waals surface area contributed by atoms with Crippen LogP contribution in [-0.2, 0) is 6.42 Å². The Hall–Kier alpha value is -3.45. The molecule has 5 rings (SSSR count). The van der Waals surface area contributed by atoms with Crippen molar-refractivity contribution in [2.75, 3.05) is 12.4 Å². The number of fused-ring (bicyclic) bond motifs is 1. The maximum atomic E-state index is 13.4. The first-order valence-corrected chi connectivity index (χ1v) is 10.7. The molecular weight excluding hydrogens is 429 g/mol. The number of halogens is 2. The van der Waals surface area contributed by atoms with Crippen molar-refractivity contribution in [2.24, 2.45) is 0 Å². The van der Waals surface area contributed by atoms with E-state index in [-0.39, 0.29) is 11.7 Å². The van der Waals surface area contributed by atoms with E-state index in [2.05, 4.69) is 15.3 Å². The molecule has 1 N–H and O–H groups in total. The molecule has 162 valence electrons. The summed E-state index contributed by atoms with van der Waals surface area (Å²) in [7, 11) is 1.61. The summed E-state index contributed by atoms with van der Waals surface area (Å²) in [5.74, 6) is 1.07. The Morgan fingerprint density at radius 1 is 1.16 bits per heavy atom. The molecule has 0 aliphatic heterocycles. The van der Waals surface area contributed by atoms with Gasteiger partial charge in [0.15, 0.2) is 0 Å². The van der Waals surface area contributed by atoms with Gasteiger partial charge in [0.25, 0.3) is 0 Å². The van der Waals surface area contributed by atoms with E-state index in [1.807, 2.05) is 36.5 Å². The lowest BCUT2D eigenvalue weighted by Gasteiger charge is -2.25. The minimum atomic E-state index is -0.231. The molecule has 1 unspecified atom stereocenters. The molecule has 0 amide bonds. The highest BCUT2D eigenvalue weighted by molar-refractivity contribution is 6.29. The van der Waals surface area contributed by atoms with Gasteiger partial charge < -0.3 is 14.6 Å². The maximum Gasteiger partial charge on any atom is 0.227 e. The molecule has 4 aromatic rings. The lowest BCUT2D eigenvalue weighted by atomic mass is 9.83. The SMILES string of the molecule is COc1cc(Nc2ncc3c(n2)C(c2ccc(F)cc2)CCC3)ccc1-n1cnc(Cl)c1. The third kappa shape index (κ3) is 4.03. The number of methoxy groups -OCH3 is 1. The summed E-state index contributed by atoms with van der Waals surface area (Å²) >= 11 is 5.95. The molecule has 1 aliphatic rings. The van der Waals surface area contributed by atoms with Crippen molar-refractivity contribution in [3.8, 4) is 11.4 Å². The predicted molar refractivity (Wildman–Crippen MR) is 122 cm³/mol. The molecule has 0 fully saturated rings. The van der Waals surface area contributed by atoms with Gasteiger partial charge in [-0.1, -0.05) is 23.7 Å². The first-order valence-electron chi connectivity index (χ1n) is 10.4. The summed E-state index contributed by atoms with van der Waals surface area (Å²) in [6, 6.07) is 12.4. The second-order valence-electron chi connectivity index (χ2n) is 7.72. The number of ether oxygens (including phenoxy) is 1. The average Bonchev–Trinajstić information content (AvgIpc) is 3.25. The van der Waals surface area contributed by atoms with E-state index < -0.39 is 0 Å². The smallest absolute Gasteiger partial charge is 0.227 e. The molecule has 2 aromatic carbocycles. The van der Waals surface area contributed by atoms with Gasteiger partial charge in [-0.3, -0.25) is 0 Å². The average molecular weight is 450 g/mol. The number of hydrogen-bond donors (Lipinski definition) is 1. The fourth-order valence-corrected chi connectivity index (χ4v) is 4.30. The number of hydrogen-bond acceptors (Lipinski definition) is 5. The summed E-state index contributed by atoms with van der Waals surface area (Å²) in [6.07, 6.45) is 8.22. The number of rotatable bonds is 5. The highest BCUT2D eigenvalue weighted by Crippen LogP contribution is 2.36. The Morgan fingerprint density at radius 3 is 2.75 bits per heavy atom. The van der Waals surface area contributed by atoms with Gasteiger partial charge in [0.1, 0.15) is 23.0 Å². The summed E-state index contributed by atoms with van der Waals surface area (Å²) in [4.78, 5) is 13.4. The van der Waals surface area contributed by atoms with Crippen LogP contribution in [0.5, 0.6) is 5.75 Å². The van der Waals surface area contributed by atoms with Gasteiger partial charge >= 0.3 is 0 Å². The van der Waals surface area contributed by atoms with Crippen LogP contribution >= 0.6 is 11.6 Å². The summed E-state index contributed by atoms with van der Waals surface area (Å²) in [5, 5.41) is 3.69. The molecule has 2 aromatic heterocycles. The van der Waals surface area contributed by atoms with Crippen LogP contribution in [0.15, 0.2) is 61.2 Å². The summed E-state index contributed by atoms with van der Waals surface area (Å²) in [6.45, 7) is 0. The van der Waals surface area contributed by atoms with Crippen molar-refractivity contribution in [3.05, 3.63) is 89.0 Å². The number of nitrogens with one attached hydrogen (secondary N) is 1. The van der Waals surface area contributed by atoms with Gasteiger partial charge in [-0.15, -0.1) is 0 Å². The van der Waals surface area contributed by atoms with Gasteiger partial charge in [-0.2, -0.15) is 0 Å². The van der Waals surface area contributed by atoms with Crippen LogP contribution in [0.25, 0.3) is 5.69 Å². The predicted octanol–water partition coefficient (Wildman–Crippen LogP) is 5.68. The van der Waals surface area contributed by atoms with Crippen molar-refractivity contribution in [1.82, 2.24) is 19.5 Å². The van der Waals surface area contributed by atoms with Crippen molar-refractivity contribution in [3.63, 3.8) is 0 Å². The fourth-order valence-electron chi connectivity index (χ4n) is 4.16. The van der Waals surface area contributed by atoms with Gasteiger partial charge in [-0.25, -0.2) is 19.3 Å². The standard InChI is InChI=1S/C24H21ClFN5O/c1-32-21-11-18(9-10-20(21)31-13-22(25)28-14-31)29-24-27-12-16-3-2-4-19(23(16)30-24)15-5-7-17(26)8-6-15/h5-14,19H,2-4H2,1H3,(H,27,29,30). The van der Waals surface area contributed by atoms with E-state index in [4.69, 9.17) is 21.3 Å². The van der Waals surface area contributed by atoms with Crippen LogP contribution in [-0.4, -0.2) is 26.6 Å². The van der Waals surface area contributed by atoms with E-state index in [1.54, 1.807) is 24.2 Å². The molecule has 0 bridgehead atoms. The molecule has 1 aliphatic carbocycles. The summed E-state index contributed by atoms with van der Waals surface area (Å²) in [5.41, 5.74) is 4.83. The van der Waals surface area contributed by atoms with Crippen LogP contribution in [0.4, 0.5) is 16.0 Å². The van der Waals surface area contributed by atoms with Gasteiger partial charge in [0, 0.05) is 30.1 Å². The maximum absolute atomic E-state index is 13.4. The Balaban J connectivity index is 1.44. The second kappa shape index (κ2) is 8.59. The first kappa shape index (κ1) is 20.5. The van der Waals surface area contributed by atoms with Crippen molar-refractivity contribution in [2.45, 2.75) is 25.2 Å². The minimum Gasteiger partial charge on any atom is -0.494 e. The van der Waals surface area contributed by atoms with E-state index in [0.29, 0.717) is 16.9 Å². The fraction of sp³-hybridized carbons (Fsp3) is 0.208. The van der Waals surface area contributed by atoms with Gasteiger partial charge in [0.05, 0.1) is 18.5 Å². The molecule has 8 heteroatoms. The van der Waals surface area contributed by atoms with E-state index >= 15 is 0 Å². The number of nitrogens with zero attached hydrogens (tertiary/aromatic N) is 4. The van der Waals surface area contributed by atoms with E-state index in [0.717, 1.165) is 47.5 Å². The summed E-state index contributed by atoms with van der Waals surface area (Å²) < 4.78 is 20.8. The molecule has 0 saturated heterocycles. The molecule has 0 radical (unpaired) electrons. The molecule has 32 heavy (non-hydrogen) atoms. The van der Waals surface area contributed by atoms with Crippen LogP contribution in [0, 0.1) is 5.82 Å². The van der Waals surface area contributed by atoms with Crippen LogP contribution in [0.1, 0.15) is 35.6 Å². The number of benzene rings is 2. The molecule has 6 nitrogen and oxygen atoms in total. The molecule has 0 saturated carbocycles. The van der Waals surface area contributed by atoms with Gasteiger partial charge in [-0.05, 0) is 54.7 Å². The lowest BCUT2D eigenvalue weighted by molar-refractivity contribution is 0.413. The topological polar surface area (TPSA) is 64.9 Å². The zero-order chi connectivity index (χ0) is 22.1. The largest absolute Gasteiger partial charge is 0.494 e. The Bertz CT molecular complexity index is 1260. The lowest BCUT2D eigenvalue weighted by Crippen LogP contribution is -2.15. The normalized spacial score (nSPS) is 15.3. The first-order chi connectivity index (χ1) is 15.6. The molecular formula is C24H21ClFN5O. The minimum absolute atomic E-state index is 0.130. The zero-order valence-electron chi connectivity index (χ0n) is 17.4. The van der Waals surface area contributed by atoms with E-state index in [9.17, 15) is 4.39 Å². The third-order valence-corrected chi connectivity index (χ3v) is 5.90. The zero-order valence-corrected chi connectivity index (χ0v) is 18.2. The van der Waals surface area contributed by atoms with Crippen LogP contribution in [0.3, 0.4) is 0 Å². The second-order valence-corrected chi connectivity index (χ2v) is 8.10. The monoisotopic (exact) mass is 449 g/mol.